The van der Waals surface area contributed by atoms with Crippen molar-refractivity contribution in [1.29, 1.82) is 0 Å². The van der Waals surface area contributed by atoms with Crippen LogP contribution in [0.2, 0.25) is 4.34 Å². The van der Waals surface area contributed by atoms with Crippen LogP contribution in [0.25, 0.3) is 0 Å². The Bertz CT molecular complexity index is 804. The van der Waals surface area contributed by atoms with Gasteiger partial charge in [0.1, 0.15) is 0 Å². The summed E-state index contributed by atoms with van der Waals surface area (Å²) < 4.78 is 0.598. The summed E-state index contributed by atoms with van der Waals surface area (Å²) in [5.41, 5.74) is 1.38. The predicted molar refractivity (Wildman–Crippen MR) is 123 cm³/mol. The van der Waals surface area contributed by atoms with Gasteiger partial charge >= 0.3 is 0 Å². The summed E-state index contributed by atoms with van der Waals surface area (Å²) in [5, 5.41) is 2.93. The quantitative estimate of drug-likeness (QED) is 0.416. The molecule has 1 aromatic carbocycles. The van der Waals surface area contributed by atoms with Gasteiger partial charge in [-0.05, 0) is 37.1 Å². The second-order valence-electron chi connectivity index (χ2n) is 7.69. The average Bonchev–Trinajstić information content (AvgIpc) is 3.20. The van der Waals surface area contributed by atoms with E-state index in [0.29, 0.717) is 15.8 Å². The molecule has 1 N–H and O–H groups in total. The van der Waals surface area contributed by atoms with Crippen molar-refractivity contribution >= 4 is 34.6 Å². The van der Waals surface area contributed by atoms with Gasteiger partial charge in [-0.25, -0.2) is 0 Å². The van der Waals surface area contributed by atoms with E-state index in [2.05, 4.69) is 45.4 Å². The van der Waals surface area contributed by atoms with E-state index in [-0.39, 0.29) is 24.5 Å². The Morgan fingerprint density at radius 2 is 1.67 bits per heavy atom. The van der Waals surface area contributed by atoms with Crippen LogP contribution in [0.1, 0.15) is 40.9 Å². The highest BCUT2D eigenvalue weighted by molar-refractivity contribution is 7.18. The summed E-state index contributed by atoms with van der Waals surface area (Å²) in [6, 6.07) is 14.1. The summed E-state index contributed by atoms with van der Waals surface area (Å²) in [6.45, 7) is 7.20. The van der Waals surface area contributed by atoms with Crippen LogP contribution in [0.5, 0.6) is 0 Å². The number of rotatable bonds is 11. The maximum atomic E-state index is 12.0. The average molecular weight is 448 g/mol. The van der Waals surface area contributed by atoms with Gasteiger partial charge in [-0.1, -0.05) is 41.9 Å². The number of thiophene rings is 1. The Kier molecular flexibility index (Phi) is 9.33. The van der Waals surface area contributed by atoms with Gasteiger partial charge in [-0.3, -0.25) is 14.5 Å². The molecule has 1 saturated heterocycles. The zero-order valence-corrected chi connectivity index (χ0v) is 18.9. The first-order valence-electron chi connectivity index (χ1n) is 10.6. The number of nitrogens with one attached hydrogen (secondary N) is 1. The van der Waals surface area contributed by atoms with Crippen LogP contribution in [0.3, 0.4) is 0 Å². The maximum absolute atomic E-state index is 12.0. The van der Waals surface area contributed by atoms with Gasteiger partial charge < -0.3 is 10.2 Å². The lowest BCUT2D eigenvalue weighted by atomic mass is 10.2. The van der Waals surface area contributed by atoms with Crippen LogP contribution >= 0.6 is 22.9 Å². The Hall–Kier alpha value is -1.73. The fraction of sp³-hybridized carbons (Fsp3) is 0.478. The highest BCUT2D eigenvalue weighted by Crippen LogP contribution is 2.22. The molecular formula is C23H30ClN3O2S. The largest absolute Gasteiger partial charge is 0.356 e. The van der Waals surface area contributed by atoms with E-state index in [1.807, 2.05) is 0 Å². The molecule has 1 fully saturated rings. The minimum Gasteiger partial charge on any atom is -0.356 e. The molecule has 3 rings (SSSR count). The minimum absolute atomic E-state index is 0.0199. The lowest BCUT2D eigenvalue weighted by Gasteiger charge is -2.34. The normalized spacial score (nSPS) is 15.2. The number of piperazine rings is 1. The number of benzene rings is 1. The van der Waals surface area contributed by atoms with Gasteiger partial charge in [0.15, 0.2) is 5.78 Å². The molecule has 0 spiro atoms. The van der Waals surface area contributed by atoms with Crippen molar-refractivity contribution in [2.45, 2.75) is 32.2 Å². The smallest absolute Gasteiger partial charge is 0.220 e. The van der Waals surface area contributed by atoms with Crippen molar-refractivity contribution in [3.63, 3.8) is 0 Å². The molecule has 2 aromatic rings. The predicted octanol–water partition coefficient (Wildman–Crippen LogP) is 4.08. The number of ketones is 1. The van der Waals surface area contributed by atoms with E-state index in [0.717, 1.165) is 52.1 Å². The molecular weight excluding hydrogens is 418 g/mol. The zero-order chi connectivity index (χ0) is 21.2. The first-order chi connectivity index (χ1) is 14.6. The SMILES string of the molecule is O=C(CCC(=O)c1ccc(Cl)s1)NCCCCN1CCN(Cc2ccccc2)CC1. The molecule has 2 heterocycles. The van der Waals surface area contributed by atoms with Crippen molar-refractivity contribution in [3.05, 3.63) is 57.2 Å². The highest BCUT2D eigenvalue weighted by atomic mass is 35.5. The summed E-state index contributed by atoms with van der Waals surface area (Å²) >= 11 is 7.10. The number of carbonyl (C=O) groups excluding carboxylic acids is 2. The molecule has 0 bridgehead atoms. The van der Waals surface area contributed by atoms with Gasteiger partial charge in [0.05, 0.1) is 9.21 Å². The topological polar surface area (TPSA) is 52.7 Å². The van der Waals surface area contributed by atoms with Crippen LogP contribution < -0.4 is 5.32 Å². The van der Waals surface area contributed by atoms with Gasteiger partial charge in [0.2, 0.25) is 5.91 Å². The van der Waals surface area contributed by atoms with Crippen LogP contribution in [0.4, 0.5) is 0 Å². The molecule has 1 aliphatic rings. The third-order valence-corrected chi connectivity index (χ3v) is 6.64. The lowest BCUT2D eigenvalue weighted by molar-refractivity contribution is -0.121. The molecule has 1 amide bonds. The Morgan fingerprint density at radius 1 is 0.933 bits per heavy atom. The summed E-state index contributed by atoms with van der Waals surface area (Å²) in [6.07, 6.45) is 2.50. The summed E-state index contributed by atoms with van der Waals surface area (Å²) in [7, 11) is 0. The van der Waals surface area contributed by atoms with Gasteiger partial charge in [-0.2, -0.15) is 0 Å². The molecule has 0 atom stereocenters. The third kappa shape index (κ3) is 7.84. The molecule has 5 nitrogen and oxygen atoms in total. The van der Waals surface area contributed by atoms with Crippen molar-refractivity contribution in [3.8, 4) is 0 Å². The van der Waals surface area contributed by atoms with Gasteiger partial charge in [0.25, 0.3) is 0 Å². The Labute approximate surface area is 188 Å². The van der Waals surface area contributed by atoms with Crippen LogP contribution in [0.15, 0.2) is 42.5 Å². The number of hydrogen-bond donors (Lipinski definition) is 1. The van der Waals surface area contributed by atoms with E-state index in [4.69, 9.17) is 11.6 Å². The van der Waals surface area contributed by atoms with E-state index in [1.54, 1.807) is 12.1 Å². The Morgan fingerprint density at radius 3 is 2.37 bits per heavy atom. The van der Waals surface area contributed by atoms with Crippen LogP contribution in [-0.2, 0) is 11.3 Å². The van der Waals surface area contributed by atoms with Gasteiger partial charge in [-0.15, -0.1) is 11.3 Å². The van der Waals surface area contributed by atoms with Crippen molar-refractivity contribution < 1.29 is 9.59 Å². The van der Waals surface area contributed by atoms with E-state index >= 15 is 0 Å². The number of carbonyl (C=O) groups is 2. The molecule has 1 aromatic heterocycles. The number of Topliss-reactive ketones (excluding diaryl/α,β-unsaturated/α-hetero) is 1. The molecule has 30 heavy (non-hydrogen) atoms. The highest BCUT2D eigenvalue weighted by Gasteiger charge is 2.16. The van der Waals surface area contributed by atoms with Crippen LogP contribution in [0, 0.1) is 0 Å². The minimum atomic E-state index is -0.0551. The molecule has 1 aliphatic heterocycles. The van der Waals surface area contributed by atoms with Crippen molar-refractivity contribution in [2.75, 3.05) is 39.3 Å². The number of halogens is 1. The molecule has 0 unspecified atom stereocenters. The maximum Gasteiger partial charge on any atom is 0.220 e. The first-order valence-corrected chi connectivity index (χ1v) is 11.8. The van der Waals surface area contributed by atoms with Crippen molar-refractivity contribution in [2.24, 2.45) is 0 Å². The zero-order valence-electron chi connectivity index (χ0n) is 17.3. The molecule has 7 heteroatoms. The monoisotopic (exact) mass is 447 g/mol. The fourth-order valence-electron chi connectivity index (χ4n) is 3.60. The van der Waals surface area contributed by atoms with Crippen LogP contribution in [-0.4, -0.2) is 60.8 Å². The number of unbranched alkanes of at least 4 members (excludes halogenated alkanes) is 1. The lowest BCUT2D eigenvalue weighted by Crippen LogP contribution is -2.46. The second kappa shape index (κ2) is 12.2. The summed E-state index contributed by atoms with van der Waals surface area (Å²) in [4.78, 5) is 29.6. The van der Waals surface area contributed by atoms with Gasteiger partial charge in [0, 0.05) is 52.1 Å². The number of amides is 1. The Balaban J connectivity index is 1.20. The number of hydrogen-bond acceptors (Lipinski definition) is 5. The summed E-state index contributed by atoms with van der Waals surface area (Å²) in [5.74, 6) is -0.0750. The molecule has 0 aliphatic carbocycles. The third-order valence-electron chi connectivity index (χ3n) is 5.36. The standard InChI is InChI=1S/C23H30ClN3O2S/c24-22-10-9-21(30-22)20(28)8-11-23(29)25-12-4-5-13-26-14-16-27(17-15-26)18-19-6-2-1-3-7-19/h1-3,6-7,9-10H,4-5,8,11-18H2,(H,25,29). The van der Waals surface area contributed by atoms with E-state index < -0.39 is 0 Å². The molecule has 162 valence electrons. The first kappa shape index (κ1) is 22.9. The second-order valence-corrected chi connectivity index (χ2v) is 9.40. The number of nitrogens with zero attached hydrogens (tertiary/aromatic N) is 2. The molecule has 0 radical (unpaired) electrons. The fourth-order valence-corrected chi connectivity index (χ4v) is 4.61. The van der Waals surface area contributed by atoms with E-state index in [1.165, 1.54) is 16.9 Å². The molecule has 0 saturated carbocycles. The van der Waals surface area contributed by atoms with Crippen molar-refractivity contribution in [1.82, 2.24) is 15.1 Å². The van der Waals surface area contributed by atoms with E-state index in [9.17, 15) is 9.59 Å².